The quantitative estimate of drug-likeness (QED) is 0.475. The molecule has 0 saturated heterocycles. The molecule has 3 N–H and O–H groups in total. The SMILES string of the molecule is O=C(NO)c1ccc(OCCO)cc1. The molecule has 1 aromatic carbocycles. The van der Waals surface area contributed by atoms with Gasteiger partial charge in [0, 0.05) is 5.56 Å². The lowest BCUT2D eigenvalue weighted by atomic mass is 10.2. The van der Waals surface area contributed by atoms with Gasteiger partial charge in [0.1, 0.15) is 12.4 Å². The van der Waals surface area contributed by atoms with Crippen molar-refractivity contribution in [1.29, 1.82) is 0 Å². The Morgan fingerprint density at radius 1 is 1.36 bits per heavy atom. The van der Waals surface area contributed by atoms with Gasteiger partial charge in [-0.3, -0.25) is 10.0 Å². The lowest BCUT2D eigenvalue weighted by Crippen LogP contribution is -2.18. The zero-order valence-electron chi connectivity index (χ0n) is 7.43. The molecule has 0 saturated carbocycles. The second-order valence-electron chi connectivity index (χ2n) is 2.54. The molecule has 0 aliphatic heterocycles. The third kappa shape index (κ3) is 2.72. The largest absolute Gasteiger partial charge is 0.491 e. The van der Waals surface area contributed by atoms with Crippen molar-refractivity contribution in [2.45, 2.75) is 0 Å². The van der Waals surface area contributed by atoms with E-state index >= 15 is 0 Å². The van der Waals surface area contributed by atoms with Gasteiger partial charge in [0.25, 0.3) is 5.91 Å². The van der Waals surface area contributed by atoms with E-state index in [1.807, 2.05) is 0 Å². The van der Waals surface area contributed by atoms with Gasteiger partial charge < -0.3 is 9.84 Å². The smallest absolute Gasteiger partial charge is 0.274 e. The van der Waals surface area contributed by atoms with E-state index in [2.05, 4.69) is 0 Å². The van der Waals surface area contributed by atoms with Crippen LogP contribution in [0.4, 0.5) is 0 Å². The fraction of sp³-hybridized carbons (Fsp3) is 0.222. The Balaban J connectivity index is 2.63. The molecule has 0 aliphatic carbocycles. The van der Waals surface area contributed by atoms with Crippen LogP contribution in [0.25, 0.3) is 0 Å². The first-order valence-corrected chi connectivity index (χ1v) is 4.06. The van der Waals surface area contributed by atoms with E-state index < -0.39 is 5.91 Å². The Morgan fingerprint density at radius 2 is 2.00 bits per heavy atom. The van der Waals surface area contributed by atoms with Crippen LogP contribution in [0.15, 0.2) is 24.3 Å². The summed E-state index contributed by atoms with van der Waals surface area (Å²) in [5.74, 6) is -0.00718. The Kier molecular flexibility index (Phi) is 3.90. The van der Waals surface area contributed by atoms with Crippen LogP contribution in [0.1, 0.15) is 10.4 Å². The molecule has 0 radical (unpaired) electrons. The van der Waals surface area contributed by atoms with Crippen molar-refractivity contribution in [3.05, 3.63) is 29.8 Å². The van der Waals surface area contributed by atoms with Gasteiger partial charge in [-0.2, -0.15) is 0 Å². The molecule has 0 aromatic heterocycles. The minimum atomic E-state index is -0.571. The molecule has 0 atom stereocenters. The van der Waals surface area contributed by atoms with Crippen LogP contribution in [0.3, 0.4) is 0 Å². The lowest BCUT2D eigenvalue weighted by Gasteiger charge is -2.04. The first-order valence-electron chi connectivity index (χ1n) is 4.06. The van der Waals surface area contributed by atoms with E-state index in [4.69, 9.17) is 15.1 Å². The summed E-state index contributed by atoms with van der Waals surface area (Å²) < 4.78 is 5.08. The van der Waals surface area contributed by atoms with Crippen LogP contribution in [-0.2, 0) is 0 Å². The number of benzene rings is 1. The maximum absolute atomic E-state index is 10.9. The van der Waals surface area contributed by atoms with Crippen molar-refractivity contribution < 1.29 is 19.8 Å². The summed E-state index contributed by atoms with van der Waals surface area (Å²) in [7, 11) is 0. The van der Waals surface area contributed by atoms with E-state index in [-0.39, 0.29) is 13.2 Å². The molecule has 14 heavy (non-hydrogen) atoms. The van der Waals surface area contributed by atoms with Gasteiger partial charge in [-0.05, 0) is 24.3 Å². The maximum atomic E-state index is 10.9. The summed E-state index contributed by atoms with van der Waals surface area (Å²) in [6.07, 6.45) is 0. The maximum Gasteiger partial charge on any atom is 0.274 e. The second-order valence-corrected chi connectivity index (χ2v) is 2.54. The third-order valence-electron chi connectivity index (χ3n) is 1.58. The number of hydrogen-bond acceptors (Lipinski definition) is 4. The highest BCUT2D eigenvalue weighted by Crippen LogP contribution is 2.11. The number of rotatable bonds is 4. The number of aliphatic hydroxyl groups is 1. The summed E-state index contributed by atoms with van der Waals surface area (Å²) in [4.78, 5) is 10.9. The predicted octanol–water partition coefficient (Wildman–Crippen LogP) is 0.177. The third-order valence-corrected chi connectivity index (χ3v) is 1.58. The average Bonchev–Trinajstić information content (AvgIpc) is 2.26. The molecule has 0 bridgehead atoms. The minimum Gasteiger partial charge on any atom is -0.491 e. The Morgan fingerprint density at radius 3 is 2.50 bits per heavy atom. The first-order chi connectivity index (χ1) is 6.77. The van der Waals surface area contributed by atoms with Gasteiger partial charge in [-0.25, -0.2) is 5.48 Å². The second kappa shape index (κ2) is 5.21. The molecule has 5 heteroatoms. The van der Waals surface area contributed by atoms with Crippen molar-refractivity contribution in [2.75, 3.05) is 13.2 Å². The Bertz CT molecular complexity index is 296. The number of hydroxylamine groups is 1. The van der Waals surface area contributed by atoms with Crippen LogP contribution in [-0.4, -0.2) is 29.4 Å². The zero-order chi connectivity index (χ0) is 10.4. The molecule has 1 amide bonds. The van der Waals surface area contributed by atoms with Gasteiger partial charge in [-0.1, -0.05) is 0 Å². The summed E-state index contributed by atoms with van der Waals surface area (Å²) in [6, 6.07) is 6.19. The number of nitrogens with one attached hydrogen (secondary N) is 1. The van der Waals surface area contributed by atoms with E-state index in [9.17, 15) is 4.79 Å². The van der Waals surface area contributed by atoms with Gasteiger partial charge >= 0.3 is 0 Å². The number of ether oxygens (including phenoxy) is 1. The first kappa shape index (κ1) is 10.5. The Labute approximate surface area is 80.9 Å². The van der Waals surface area contributed by atoms with E-state index in [1.165, 1.54) is 17.6 Å². The Hall–Kier alpha value is -1.59. The molecule has 0 aliphatic rings. The van der Waals surface area contributed by atoms with Crippen LogP contribution < -0.4 is 10.2 Å². The number of aliphatic hydroxyl groups excluding tert-OH is 1. The van der Waals surface area contributed by atoms with Gasteiger partial charge in [0.05, 0.1) is 6.61 Å². The van der Waals surface area contributed by atoms with Crippen molar-refractivity contribution in [3.8, 4) is 5.75 Å². The van der Waals surface area contributed by atoms with E-state index in [0.29, 0.717) is 11.3 Å². The summed E-state index contributed by atoms with van der Waals surface area (Å²) in [5, 5.41) is 16.8. The fourth-order valence-corrected chi connectivity index (χ4v) is 0.931. The number of carbonyl (C=O) groups is 1. The standard InChI is InChI=1S/C9H11NO4/c11-5-6-14-8-3-1-7(2-4-8)9(12)10-13/h1-4,11,13H,5-6H2,(H,10,12). The molecular formula is C9H11NO4. The summed E-state index contributed by atoms with van der Waals surface area (Å²) in [6.45, 7) is 0.157. The van der Waals surface area contributed by atoms with Crippen LogP contribution >= 0.6 is 0 Å². The van der Waals surface area contributed by atoms with Gasteiger partial charge in [0.2, 0.25) is 0 Å². The topological polar surface area (TPSA) is 78.8 Å². The molecule has 0 heterocycles. The van der Waals surface area contributed by atoms with Crippen LogP contribution in [0.5, 0.6) is 5.75 Å². The highest BCUT2D eigenvalue weighted by atomic mass is 16.5. The van der Waals surface area contributed by atoms with Crippen LogP contribution in [0, 0.1) is 0 Å². The fourth-order valence-electron chi connectivity index (χ4n) is 0.931. The number of hydrogen-bond donors (Lipinski definition) is 3. The molecule has 1 rings (SSSR count). The van der Waals surface area contributed by atoms with Crippen LogP contribution in [0.2, 0.25) is 0 Å². The lowest BCUT2D eigenvalue weighted by molar-refractivity contribution is 0.0706. The number of amides is 1. The van der Waals surface area contributed by atoms with Gasteiger partial charge in [-0.15, -0.1) is 0 Å². The molecule has 5 nitrogen and oxygen atoms in total. The van der Waals surface area contributed by atoms with E-state index in [1.54, 1.807) is 12.1 Å². The van der Waals surface area contributed by atoms with Crippen molar-refractivity contribution in [2.24, 2.45) is 0 Å². The normalized spacial score (nSPS) is 9.57. The highest BCUT2D eigenvalue weighted by Gasteiger charge is 2.02. The van der Waals surface area contributed by atoms with Crippen molar-refractivity contribution >= 4 is 5.91 Å². The minimum absolute atomic E-state index is 0.0567. The van der Waals surface area contributed by atoms with Crippen molar-refractivity contribution in [3.63, 3.8) is 0 Å². The van der Waals surface area contributed by atoms with Gasteiger partial charge in [0.15, 0.2) is 0 Å². The zero-order valence-corrected chi connectivity index (χ0v) is 7.43. The highest BCUT2D eigenvalue weighted by molar-refractivity contribution is 5.93. The summed E-state index contributed by atoms with van der Waals surface area (Å²) >= 11 is 0. The van der Waals surface area contributed by atoms with E-state index in [0.717, 1.165) is 0 Å². The average molecular weight is 197 g/mol. The molecule has 0 unspecified atom stereocenters. The molecule has 0 fully saturated rings. The molecule has 1 aromatic rings. The molecule has 0 spiro atoms. The van der Waals surface area contributed by atoms with Crippen molar-refractivity contribution in [1.82, 2.24) is 5.48 Å². The molecular weight excluding hydrogens is 186 g/mol. The predicted molar refractivity (Wildman–Crippen MR) is 48.3 cm³/mol. The monoisotopic (exact) mass is 197 g/mol. The number of carbonyl (C=O) groups excluding carboxylic acids is 1. The summed E-state index contributed by atoms with van der Waals surface area (Å²) in [5.41, 5.74) is 1.86. The molecule has 76 valence electrons.